The normalized spacial score (nSPS) is 11.1. The van der Waals surface area contributed by atoms with Crippen molar-refractivity contribution in [2.45, 2.75) is 6.92 Å². The minimum absolute atomic E-state index is 0.347. The lowest BCUT2D eigenvalue weighted by atomic mass is 10.1. The molecule has 0 aliphatic rings. The van der Waals surface area contributed by atoms with E-state index in [0.717, 1.165) is 21.4 Å². The molecule has 0 spiro atoms. The summed E-state index contributed by atoms with van der Waals surface area (Å²) < 4.78 is 2.83. The topological polar surface area (TPSA) is 43.1 Å². The molecule has 0 unspecified atom stereocenters. The number of halogens is 2. The van der Waals surface area contributed by atoms with Crippen molar-refractivity contribution in [2.24, 2.45) is 0 Å². The summed E-state index contributed by atoms with van der Waals surface area (Å²) in [5.74, 6) is 0.741. The van der Waals surface area contributed by atoms with Crippen LogP contribution in [-0.4, -0.2) is 19.6 Å². The molecule has 3 aromatic rings. The van der Waals surface area contributed by atoms with Crippen LogP contribution in [0.4, 0.5) is 0 Å². The molecule has 0 amide bonds. The zero-order valence-electron chi connectivity index (χ0n) is 9.43. The standard InChI is InChI=1S/C12H8BrClN4/c1-7-3-2-4-8(9(7)13)11-16-17-12-10(14)15-5-6-18(11)12/h2-6H,1H3. The maximum absolute atomic E-state index is 5.98. The van der Waals surface area contributed by atoms with Crippen molar-refractivity contribution in [1.82, 2.24) is 19.6 Å². The molecular formula is C12H8BrClN4. The summed E-state index contributed by atoms with van der Waals surface area (Å²) >= 11 is 9.56. The van der Waals surface area contributed by atoms with Crippen LogP contribution >= 0.6 is 27.5 Å². The molecule has 0 aliphatic heterocycles. The quantitative estimate of drug-likeness (QED) is 0.688. The highest BCUT2D eigenvalue weighted by molar-refractivity contribution is 9.10. The summed E-state index contributed by atoms with van der Waals surface area (Å²) in [6.45, 7) is 2.03. The molecule has 2 heterocycles. The van der Waals surface area contributed by atoms with Crippen molar-refractivity contribution in [3.8, 4) is 11.4 Å². The number of nitrogens with zero attached hydrogens (tertiary/aromatic N) is 4. The van der Waals surface area contributed by atoms with Gasteiger partial charge < -0.3 is 0 Å². The SMILES string of the molecule is Cc1cccc(-c2nnc3c(Cl)nccn23)c1Br. The van der Waals surface area contributed by atoms with E-state index in [2.05, 4.69) is 31.1 Å². The van der Waals surface area contributed by atoms with E-state index in [4.69, 9.17) is 11.6 Å². The Hall–Kier alpha value is -1.46. The zero-order chi connectivity index (χ0) is 12.7. The first-order valence-corrected chi connectivity index (χ1v) is 6.46. The summed E-state index contributed by atoms with van der Waals surface area (Å²) in [6.07, 6.45) is 3.43. The third kappa shape index (κ3) is 1.71. The summed E-state index contributed by atoms with van der Waals surface area (Å²) in [5.41, 5.74) is 2.68. The molecular weight excluding hydrogens is 316 g/mol. The predicted molar refractivity (Wildman–Crippen MR) is 73.7 cm³/mol. The van der Waals surface area contributed by atoms with E-state index in [-0.39, 0.29) is 0 Å². The molecule has 0 atom stereocenters. The molecule has 0 radical (unpaired) electrons. The molecule has 0 N–H and O–H groups in total. The maximum atomic E-state index is 5.98. The van der Waals surface area contributed by atoms with Crippen LogP contribution < -0.4 is 0 Å². The second kappa shape index (κ2) is 4.33. The molecule has 4 nitrogen and oxygen atoms in total. The fourth-order valence-electron chi connectivity index (χ4n) is 1.80. The fourth-order valence-corrected chi connectivity index (χ4v) is 2.43. The number of aromatic nitrogens is 4. The molecule has 0 aliphatic carbocycles. The average molecular weight is 324 g/mol. The molecule has 3 rings (SSSR count). The number of benzene rings is 1. The first-order chi connectivity index (χ1) is 8.68. The van der Waals surface area contributed by atoms with Crippen LogP contribution in [0.3, 0.4) is 0 Å². The van der Waals surface area contributed by atoms with Gasteiger partial charge in [-0.3, -0.25) is 4.40 Å². The number of rotatable bonds is 1. The Morgan fingerprint density at radius 2 is 2.11 bits per heavy atom. The van der Waals surface area contributed by atoms with Crippen LogP contribution in [0.25, 0.3) is 17.0 Å². The molecule has 0 saturated heterocycles. The smallest absolute Gasteiger partial charge is 0.198 e. The van der Waals surface area contributed by atoms with Gasteiger partial charge in [-0.1, -0.05) is 29.8 Å². The second-order valence-electron chi connectivity index (χ2n) is 3.87. The van der Waals surface area contributed by atoms with Gasteiger partial charge in [-0.15, -0.1) is 10.2 Å². The van der Waals surface area contributed by atoms with Crippen LogP contribution in [-0.2, 0) is 0 Å². The van der Waals surface area contributed by atoms with Crippen LogP contribution in [0.15, 0.2) is 35.1 Å². The highest BCUT2D eigenvalue weighted by Crippen LogP contribution is 2.30. The van der Waals surface area contributed by atoms with Crippen molar-refractivity contribution in [3.05, 3.63) is 45.8 Å². The van der Waals surface area contributed by atoms with Gasteiger partial charge in [0, 0.05) is 22.4 Å². The zero-order valence-corrected chi connectivity index (χ0v) is 11.8. The Kier molecular flexibility index (Phi) is 2.80. The summed E-state index contributed by atoms with van der Waals surface area (Å²) in [7, 11) is 0. The van der Waals surface area contributed by atoms with Gasteiger partial charge in [0.1, 0.15) is 0 Å². The van der Waals surface area contributed by atoms with E-state index >= 15 is 0 Å². The van der Waals surface area contributed by atoms with Crippen molar-refractivity contribution in [2.75, 3.05) is 0 Å². The third-order valence-electron chi connectivity index (χ3n) is 2.72. The fraction of sp³-hybridized carbons (Fsp3) is 0.0833. The molecule has 1 aromatic carbocycles. The van der Waals surface area contributed by atoms with E-state index in [0.29, 0.717) is 10.8 Å². The monoisotopic (exact) mass is 322 g/mol. The van der Waals surface area contributed by atoms with Crippen LogP contribution in [0.1, 0.15) is 5.56 Å². The highest BCUT2D eigenvalue weighted by Gasteiger charge is 2.13. The van der Waals surface area contributed by atoms with Gasteiger partial charge in [0.25, 0.3) is 0 Å². The van der Waals surface area contributed by atoms with Gasteiger partial charge >= 0.3 is 0 Å². The Bertz CT molecular complexity index is 738. The van der Waals surface area contributed by atoms with Crippen LogP contribution in [0, 0.1) is 6.92 Å². The molecule has 0 bridgehead atoms. The number of aryl methyl sites for hydroxylation is 1. The lowest BCUT2D eigenvalue weighted by Gasteiger charge is -2.05. The lowest BCUT2D eigenvalue weighted by molar-refractivity contribution is 1.11. The highest BCUT2D eigenvalue weighted by atomic mass is 79.9. The molecule has 0 fully saturated rings. The van der Waals surface area contributed by atoms with Gasteiger partial charge in [-0.05, 0) is 28.4 Å². The largest absolute Gasteiger partial charge is 0.278 e. The Labute approximate surface area is 117 Å². The van der Waals surface area contributed by atoms with Crippen molar-refractivity contribution in [3.63, 3.8) is 0 Å². The lowest BCUT2D eigenvalue weighted by Crippen LogP contribution is -1.92. The Balaban J connectivity index is 2.33. The van der Waals surface area contributed by atoms with Crippen molar-refractivity contribution >= 4 is 33.2 Å². The van der Waals surface area contributed by atoms with E-state index in [1.807, 2.05) is 29.5 Å². The summed E-state index contributed by atoms with van der Waals surface area (Å²) in [4.78, 5) is 3.98. The third-order valence-corrected chi connectivity index (χ3v) is 4.04. The van der Waals surface area contributed by atoms with E-state index < -0.39 is 0 Å². The van der Waals surface area contributed by atoms with Crippen molar-refractivity contribution in [1.29, 1.82) is 0 Å². The van der Waals surface area contributed by atoms with Crippen LogP contribution in [0.2, 0.25) is 5.15 Å². The van der Waals surface area contributed by atoms with Gasteiger partial charge in [-0.25, -0.2) is 4.98 Å². The second-order valence-corrected chi connectivity index (χ2v) is 5.02. The Morgan fingerprint density at radius 1 is 1.28 bits per heavy atom. The van der Waals surface area contributed by atoms with E-state index in [1.165, 1.54) is 0 Å². The molecule has 0 saturated carbocycles. The molecule has 90 valence electrons. The van der Waals surface area contributed by atoms with E-state index in [9.17, 15) is 0 Å². The minimum atomic E-state index is 0.347. The molecule has 2 aromatic heterocycles. The first kappa shape index (κ1) is 11.6. The van der Waals surface area contributed by atoms with Crippen molar-refractivity contribution < 1.29 is 0 Å². The maximum Gasteiger partial charge on any atom is 0.198 e. The first-order valence-electron chi connectivity index (χ1n) is 5.29. The summed E-state index contributed by atoms with van der Waals surface area (Å²) in [5, 5.41) is 8.60. The minimum Gasteiger partial charge on any atom is -0.278 e. The van der Waals surface area contributed by atoms with Gasteiger partial charge in [-0.2, -0.15) is 0 Å². The van der Waals surface area contributed by atoms with Gasteiger partial charge in [0.05, 0.1) is 0 Å². The van der Waals surface area contributed by atoms with E-state index in [1.54, 1.807) is 12.4 Å². The number of hydrogen-bond acceptors (Lipinski definition) is 3. The Morgan fingerprint density at radius 3 is 2.94 bits per heavy atom. The summed E-state index contributed by atoms with van der Waals surface area (Å²) in [6, 6.07) is 6.01. The predicted octanol–water partition coefficient (Wildman–Crippen LogP) is 3.52. The van der Waals surface area contributed by atoms with Gasteiger partial charge in [0.2, 0.25) is 0 Å². The molecule has 18 heavy (non-hydrogen) atoms. The average Bonchev–Trinajstić information content (AvgIpc) is 2.78. The van der Waals surface area contributed by atoms with Gasteiger partial charge in [0.15, 0.2) is 16.6 Å². The molecule has 6 heteroatoms. The number of fused-ring (bicyclic) bond motifs is 1. The van der Waals surface area contributed by atoms with Crippen LogP contribution in [0.5, 0.6) is 0 Å². The number of hydrogen-bond donors (Lipinski definition) is 0.